The maximum Gasteiger partial charge on any atom is 0.416 e. The van der Waals surface area contributed by atoms with Crippen LogP contribution in [0.25, 0.3) is 5.57 Å². The molecule has 2 aromatic carbocycles. The monoisotopic (exact) mass is 554 g/mol. The first-order chi connectivity index (χ1) is 19.0. The second kappa shape index (κ2) is 11.1. The highest BCUT2D eigenvalue weighted by Crippen LogP contribution is 2.62. The molecule has 4 saturated carbocycles. The molecule has 0 radical (unpaired) electrons. The normalized spacial score (nSPS) is 25.9. The van der Waals surface area contributed by atoms with Gasteiger partial charge in [0.2, 0.25) is 0 Å². The Labute approximate surface area is 231 Å². The molecule has 2 aromatic rings. The Balaban J connectivity index is 1.39. The third-order valence-electron chi connectivity index (χ3n) is 8.73. The van der Waals surface area contributed by atoms with Crippen LogP contribution in [0.5, 0.6) is 5.75 Å². The predicted octanol–water partition coefficient (Wildman–Crippen LogP) is 7.29. The van der Waals surface area contributed by atoms with Gasteiger partial charge in [-0.15, -0.1) is 0 Å². The van der Waals surface area contributed by atoms with Gasteiger partial charge in [0, 0.05) is 11.6 Å². The van der Waals surface area contributed by atoms with Gasteiger partial charge in [-0.25, -0.2) is 9.59 Å². The topological polar surface area (TPSA) is 83.8 Å². The van der Waals surface area contributed by atoms with Crippen LogP contribution in [0.15, 0.2) is 60.7 Å². The number of aliphatic carboxylic acids is 2. The van der Waals surface area contributed by atoms with E-state index in [1.807, 2.05) is 12.1 Å². The van der Waals surface area contributed by atoms with Crippen LogP contribution in [0.4, 0.5) is 13.2 Å². The first-order valence-corrected chi connectivity index (χ1v) is 13.8. The van der Waals surface area contributed by atoms with Crippen molar-refractivity contribution >= 4 is 17.5 Å². The van der Waals surface area contributed by atoms with Crippen LogP contribution in [-0.2, 0) is 27.6 Å². The van der Waals surface area contributed by atoms with Crippen LogP contribution >= 0.6 is 0 Å². The Morgan fingerprint density at radius 1 is 0.950 bits per heavy atom. The smallest absolute Gasteiger partial charge is 0.416 e. The molecule has 4 aliphatic carbocycles. The lowest BCUT2D eigenvalue weighted by molar-refractivity contribution is -0.139. The van der Waals surface area contributed by atoms with Crippen molar-refractivity contribution in [1.82, 2.24) is 0 Å². The fourth-order valence-electron chi connectivity index (χ4n) is 7.57. The summed E-state index contributed by atoms with van der Waals surface area (Å²) in [5.41, 5.74) is 1.88. The van der Waals surface area contributed by atoms with Crippen LogP contribution in [0, 0.1) is 17.8 Å². The van der Waals surface area contributed by atoms with Gasteiger partial charge in [0.15, 0.2) is 6.61 Å². The summed E-state index contributed by atoms with van der Waals surface area (Å²) in [7, 11) is 0. The molecule has 0 spiro atoms. The van der Waals surface area contributed by atoms with E-state index in [0.717, 1.165) is 66.4 Å². The van der Waals surface area contributed by atoms with Gasteiger partial charge in [0.05, 0.1) is 5.56 Å². The lowest BCUT2D eigenvalue weighted by Crippen LogP contribution is -2.48. The lowest BCUT2D eigenvalue weighted by atomic mass is 9.48. The highest BCUT2D eigenvalue weighted by Gasteiger charge is 2.52. The summed E-state index contributed by atoms with van der Waals surface area (Å²) in [6.45, 7) is -0.428. The Hall–Kier alpha value is -3.55. The van der Waals surface area contributed by atoms with Gasteiger partial charge in [0.25, 0.3) is 0 Å². The zero-order valence-corrected chi connectivity index (χ0v) is 22.1. The number of hydrogen-bond acceptors (Lipinski definition) is 3. The number of halogens is 3. The third-order valence-corrected chi connectivity index (χ3v) is 8.73. The van der Waals surface area contributed by atoms with E-state index in [1.54, 1.807) is 6.08 Å². The molecule has 4 bridgehead atoms. The van der Waals surface area contributed by atoms with Crippen molar-refractivity contribution in [2.75, 3.05) is 6.61 Å². The number of carboxylic acid groups (broad SMARTS) is 2. The Kier molecular flexibility index (Phi) is 7.80. The van der Waals surface area contributed by atoms with E-state index in [9.17, 15) is 27.9 Å². The van der Waals surface area contributed by atoms with E-state index in [4.69, 9.17) is 9.84 Å². The van der Waals surface area contributed by atoms with Crippen LogP contribution in [0.3, 0.4) is 0 Å². The minimum Gasteiger partial charge on any atom is -0.482 e. The first-order valence-electron chi connectivity index (χ1n) is 13.8. The van der Waals surface area contributed by atoms with E-state index in [2.05, 4.69) is 6.07 Å². The highest BCUT2D eigenvalue weighted by molar-refractivity contribution is 5.85. The maximum absolute atomic E-state index is 13.3. The number of benzene rings is 2. The number of ether oxygens (including phenoxy) is 1. The second-order valence-electron chi connectivity index (χ2n) is 11.7. The summed E-state index contributed by atoms with van der Waals surface area (Å²) in [4.78, 5) is 22.5. The third kappa shape index (κ3) is 6.26. The number of aryl methyl sites for hydroxylation is 1. The molecule has 0 aromatic heterocycles. The summed E-state index contributed by atoms with van der Waals surface area (Å²) in [5.74, 6) is 0.526. The van der Waals surface area contributed by atoms with Crippen molar-refractivity contribution in [2.24, 2.45) is 17.8 Å². The zero-order valence-electron chi connectivity index (χ0n) is 22.1. The molecule has 4 fully saturated rings. The van der Waals surface area contributed by atoms with Crippen molar-refractivity contribution in [3.63, 3.8) is 0 Å². The quantitative estimate of drug-likeness (QED) is 0.238. The highest BCUT2D eigenvalue weighted by atomic mass is 19.4. The molecule has 4 aliphatic rings. The predicted molar refractivity (Wildman–Crippen MR) is 144 cm³/mol. The molecular weight excluding hydrogens is 521 g/mol. The van der Waals surface area contributed by atoms with Gasteiger partial charge in [0.1, 0.15) is 5.75 Å². The fraction of sp³-hybridized carbons (Fsp3) is 0.438. The van der Waals surface area contributed by atoms with Crippen molar-refractivity contribution in [2.45, 2.75) is 63.0 Å². The largest absolute Gasteiger partial charge is 0.482 e. The van der Waals surface area contributed by atoms with Crippen molar-refractivity contribution in [3.8, 4) is 5.75 Å². The zero-order chi connectivity index (χ0) is 28.5. The fourth-order valence-corrected chi connectivity index (χ4v) is 7.57. The number of hydrogen-bond donors (Lipinski definition) is 2. The van der Waals surface area contributed by atoms with Crippen LogP contribution in [0.1, 0.15) is 67.2 Å². The molecular formula is C32H33F3O5. The molecule has 0 saturated heterocycles. The van der Waals surface area contributed by atoms with Gasteiger partial charge in [-0.05, 0) is 116 Å². The molecule has 0 unspecified atom stereocenters. The SMILES string of the molecule is O=C(O)/C=C\C(=C\CCc1ccc(C23CC4CC(CC(C4)C2)C3)c(OCC(=O)O)c1)c1cccc(C(F)(F)F)c1. The van der Waals surface area contributed by atoms with E-state index < -0.39 is 30.3 Å². The summed E-state index contributed by atoms with van der Waals surface area (Å²) in [6.07, 6.45) is 7.58. The summed E-state index contributed by atoms with van der Waals surface area (Å²) in [5, 5.41) is 18.4. The molecule has 0 heterocycles. The number of rotatable bonds is 10. The molecule has 40 heavy (non-hydrogen) atoms. The molecule has 212 valence electrons. The summed E-state index contributed by atoms with van der Waals surface area (Å²) >= 11 is 0. The lowest BCUT2D eigenvalue weighted by Gasteiger charge is -2.57. The van der Waals surface area contributed by atoms with Crippen LogP contribution in [0.2, 0.25) is 0 Å². The summed E-state index contributed by atoms with van der Waals surface area (Å²) in [6, 6.07) is 10.8. The molecule has 8 heteroatoms. The van der Waals surface area contributed by atoms with Gasteiger partial charge < -0.3 is 14.9 Å². The Morgan fingerprint density at radius 3 is 2.23 bits per heavy atom. The van der Waals surface area contributed by atoms with Gasteiger partial charge >= 0.3 is 18.1 Å². The number of alkyl halides is 3. The number of allylic oxidation sites excluding steroid dienone is 3. The van der Waals surface area contributed by atoms with E-state index in [0.29, 0.717) is 24.2 Å². The minimum atomic E-state index is -4.51. The molecule has 0 aliphatic heterocycles. The van der Waals surface area contributed by atoms with Crippen LogP contribution in [-0.4, -0.2) is 28.8 Å². The Bertz CT molecular complexity index is 1310. The average molecular weight is 555 g/mol. The molecule has 5 nitrogen and oxygen atoms in total. The van der Waals surface area contributed by atoms with Gasteiger partial charge in [-0.1, -0.05) is 30.3 Å². The number of carbonyl (C=O) groups is 2. The van der Waals surface area contributed by atoms with Gasteiger partial charge in [-0.2, -0.15) is 13.2 Å². The van der Waals surface area contributed by atoms with E-state index >= 15 is 0 Å². The molecule has 2 N–H and O–H groups in total. The maximum atomic E-state index is 13.3. The molecule has 0 amide bonds. The minimum absolute atomic E-state index is 0.0271. The average Bonchev–Trinajstić information content (AvgIpc) is 2.88. The standard InChI is InChI=1S/C32H33F3O5/c33-32(34,35)26-6-2-5-25(15-26)24(8-10-29(36)37)4-1-3-20-7-9-27(28(14-20)40-19-30(38)39)31-16-21-11-22(17-31)13-23(12-21)18-31/h2,4-10,14-15,21-23H,1,3,11-13,16-19H2,(H,36,37)(H,38,39)/b10-8-,24-4-. The summed E-state index contributed by atoms with van der Waals surface area (Å²) < 4.78 is 45.6. The second-order valence-corrected chi connectivity index (χ2v) is 11.7. The van der Waals surface area contributed by atoms with Crippen molar-refractivity contribution in [1.29, 1.82) is 0 Å². The van der Waals surface area contributed by atoms with Crippen molar-refractivity contribution < 1.29 is 37.7 Å². The van der Waals surface area contributed by atoms with Gasteiger partial charge in [-0.3, -0.25) is 0 Å². The Morgan fingerprint density at radius 2 is 1.62 bits per heavy atom. The molecule has 6 rings (SSSR count). The molecule has 0 atom stereocenters. The number of carboxylic acids is 2. The van der Waals surface area contributed by atoms with Crippen molar-refractivity contribution in [3.05, 3.63) is 82.9 Å². The van der Waals surface area contributed by atoms with Crippen LogP contribution < -0.4 is 4.74 Å². The van der Waals surface area contributed by atoms with E-state index in [1.165, 1.54) is 37.5 Å². The first kappa shape index (κ1) is 28.0. The van der Waals surface area contributed by atoms with E-state index in [-0.39, 0.29) is 11.0 Å².